The predicted octanol–water partition coefficient (Wildman–Crippen LogP) is 2.11. The van der Waals surface area contributed by atoms with Crippen LogP contribution in [0.1, 0.15) is 48.0 Å². The minimum atomic E-state index is -0.277. The number of amides is 1. The van der Waals surface area contributed by atoms with Crippen LogP contribution in [-0.4, -0.2) is 42.9 Å². The third-order valence-electron chi connectivity index (χ3n) is 3.17. The van der Waals surface area contributed by atoms with Gasteiger partial charge in [-0.05, 0) is 41.0 Å². The van der Waals surface area contributed by atoms with Gasteiger partial charge in [-0.25, -0.2) is 9.89 Å². The van der Waals surface area contributed by atoms with E-state index >= 15 is 0 Å². The van der Waals surface area contributed by atoms with Crippen molar-refractivity contribution < 1.29 is 4.79 Å². The maximum atomic E-state index is 12.6. The lowest BCUT2D eigenvalue weighted by molar-refractivity contribution is -0.133. The summed E-state index contributed by atoms with van der Waals surface area (Å²) in [6.45, 7) is 12.5. The van der Waals surface area contributed by atoms with Gasteiger partial charge in [0.1, 0.15) is 0 Å². The summed E-state index contributed by atoms with van der Waals surface area (Å²) >= 11 is 1.33. The number of hydrogen-bond donors (Lipinski definition) is 1. The highest BCUT2D eigenvalue weighted by Crippen LogP contribution is 2.23. The molecule has 0 saturated carbocycles. The normalized spacial score (nSPS) is 13.0. The number of carbonyl (C=O) groups is 1. The van der Waals surface area contributed by atoms with Crippen LogP contribution in [-0.2, 0) is 11.3 Å². The standard InChI is InChI=1S/C14H26N4O2S/c1-7-8-17-13(20)15-16-14(17)21-11(6)12(19)18(9(2)3)10(4)5/h9-11H,7-8H2,1-6H3,(H,15,20)/t11-/m1/s1. The molecule has 6 nitrogen and oxygen atoms in total. The zero-order chi connectivity index (χ0) is 16.2. The lowest BCUT2D eigenvalue weighted by Crippen LogP contribution is -2.45. The van der Waals surface area contributed by atoms with Crippen LogP contribution in [0.4, 0.5) is 0 Å². The molecular formula is C14H26N4O2S. The largest absolute Gasteiger partial charge is 0.343 e. The first-order valence-corrected chi connectivity index (χ1v) is 8.31. The number of aromatic amines is 1. The van der Waals surface area contributed by atoms with Crippen LogP contribution >= 0.6 is 11.8 Å². The van der Waals surface area contributed by atoms with Gasteiger partial charge in [-0.15, -0.1) is 5.10 Å². The van der Waals surface area contributed by atoms with Gasteiger partial charge >= 0.3 is 5.69 Å². The number of H-pyrrole nitrogens is 1. The molecule has 1 heterocycles. The Labute approximate surface area is 130 Å². The number of rotatable bonds is 7. The molecule has 1 aromatic rings. The van der Waals surface area contributed by atoms with Gasteiger partial charge < -0.3 is 4.90 Å². The zero-order valence-corrected chi connectivity index (χ0v) is 14.5. The number of carbonyl (C=O) groups excluding carboxylic acids is 1. The Morgan fingerprint density at radius 2 is 1.86 bits per heavy atom. The number of nitrogens with zero attached hydrogens (tertiary/aromatic N) is 3. The van der Waals surface area contributed by atoms with Crippen molar-refractivity contribution >= 4 is 17.7 Å². The van der Waals surface area contributed by atoms with Crippen molar-refractivity contribution in [3.8, 4) is 0 Å². The topological polar surface area (TPSA) is 71.0 Å². The van der Waals surface area contributed by atoms with E-state index in [1.54, 1.807) is 4.57 Å². The number of hydrogen-bond acceptors (Lipinski definition) is 4. The van der Waals surface area contributed by atoms with Gasteiger partial charge in [0.05, 0.1) is 5.25 Å². The Morgan fingerprint density at radius 1 is 1.29 bits per heavy atom. The van der Waals surface area contributed by atoms with E-state index in [1.807, 2.05) is 46.4 Å². The van der Waals surface area contributed by atoms with Crippen molar-refractivity contribution in [1.82, 2.24) is 19.7 Å². The van der Waals surface area contributed by atoms with E-state index in [9.17, 15) is 9.59 Å². The van der Waals surface area contributed by atoms with Crippen LogP contribution in [0.15, 0.2) is 9.95 Å². The number of nitrogens with one attached hydrogen (secondary N) is 1. The molecule has 1 rings (SSSR count). The van der Waals surface area contributed by atoms with E-state index in [1.165, 1.54) is 11.8 Å². The van der Waals surface area contributed by atoms with Crippen LogP contribution in [0.5, 0.6) is 0 Å². The van der Waals surface area contributed by atoms with Crippen LogP contribution in [0.2, 0.25) is 0 Å². The molecule has 0 radical (unpaired) electrons. The third kappa shape index (κ3) is 4.36. The maximum Gasteiger partial charge on any atom is 0.343 e. The van der Waals surface area contributed by atoms with Crippen LogP contribution < -0.4 is 5.69 Å². The Morgan fingerprint density at radius 3 is 2.33 bits per heavy atom. The Balaban J connectivity index is 2.88. The fourth-order valence-corrected chi connectivity index (χ4v) is 3.28. The monoisotopic (exact) mass is 314 g/mol. The predicted molar refractivity (Wildman–Crippen MR) is 85.6 cm³/mol. The maximum absolute atomic E-state index is 12.6. The van der Waals surface area contributed by atoms with Gasteiger partial charge in [0.25, 0.3) is 0 Å². The zero-order valence-electron chi connectivity index (χ0n) is 13.7. The minimum Gasteiger partial charge on any atom is -0.337 e. The van der Waals surface area contributed by atoms with Gasteiger partial charge in [-0.3, -0.25) is 9.36 Å². The van der Waals surface area contributed by atoms with Gasteiger partial charge in [-0.1, -0.05) is 18.7 Å². The van der Waals surface area contributed by atoms with Crippen molar-refractivity contribution in [1.29, 1.82) is 0 Å². The number of aromatic nitrogens is 3. The highest BCUT2D eigenvalue weighted by molar-refractivity contribution is 8.00. The lowest BCUT2D eigenvalue weighted by atomic mass is 10.2. The highest BCUT2D eigenvalue weighted by Gasteiger charge is 2.27. The molecule has 0 unspecified atom stereocenters. The van der Waals surface area contributed by atoms with Crippen molar-refractivity contribution in [3.63, 3.8) is 0 Å². The lowest BCUT2D eigenvalue weighted by Gasteiger charge is -2.32. The van der Waals surface area contributed by atoms with Gasteiger partial charge in [0, 0.05) is 18.6 Å². The molecule has 21 heavy (non-hydrogen) atoms. The third-order valence-corrected chi connectivity index (χ3v) is 4.25. The van der Waals surface area contributed by atoms with E-state index in [-0.39, 0.29) is 28.9 Å². The second-order valence-electron chi connectivity index (χ2n) is 5.66. The summed E-state index contributed by atoms with van der Waals surface area (Å²) in [5, 5.41) is 6.78. The Bertz CT molecular complexity index is 513. The molecule has 1 amide bonds. The molecule has 7 heteroatoms. The van der Waals surface area contributed by atoms with Crippen molar-refractivity contribution in [3.05, 3.63) is 10.5 Å². The van der Waals surface area contributed by atoms with Gasteiger partial charge in [0.2, 0.25) is 5.91 Å². The highest BCUT2D eigenvalue weighted by atomic mass is 32.2. The van der Waals surface area contributed by atoms with E-state index in [4.69, 9.17) is 0 Å². The summed E-state index contributed by atoms with van der Waals surface area (Å²) in [7, 11) is 0. The quantitative estimate of drug-likeness (QED) is 0.783. The Kier molecular flexibility index (Phi) is 6.51. The molecule has 1 aromatic heterocycles. The minimum absolute atomic E-state index is 0.0727. The van der Waals surface area contributed by atoms with Gasteiger partial charge in [0.15, 0.2) is 5.16 Å². The van der Waals surface area contributed by atoms with Crippen molar-refractivity contribution in [2.45, 2.75) is 77.0 Å². The van der Waals surface area contributed by atoms with Crippen LogP contribution in [0, 0.1) is 0 Å². The molecule has 1 N–H and O–H groups in total. The number of thioether (sulfide) groups is 1. The molecule has 0 aromatic carbocycles. The second kappa shape index (κ2) is 7.68. The molecular weight excluding hydrogens is 288 g/mol. The van der Waals surface area contributed by atoms with E-state index < -0.39 is 0 Å². The fraction of sp³-hybridized carbons (Fsp3) is 0.786. The first-order valence-electron chi connectivity index (χ1n) is 7.43. The van der Waals surface area contributed by atoms with Crippen LogP contribution in [0.3, 0.4) is 0 Å². The summed E-state index contributed by atoms with van der Waals surface area (Å²) in [5.74, 6) is 0.0727. The van der Waals surface area contributed by atoms with Crippen molar-refractivity contribution in [2.24, 2.45) is 0 Å². The summed E-state index contributed by atoms with van der Waals surface area (Å²) in [4.78, 5) is 26.1. The molecule has 0 saturated heterocycles. The molecule has 0 aliphatic heterocycles. The van der Waals surface area contributed by atoms with Crippen LogP contribution in [0.25, 0.3) is 0 Å². The molecule has 0 fully saturated rings. The van der Waals surface area contributed by atoms with E-state index in [0.29, 0.717) is 11.7 Å². The molecule has 0 aliphatic carbocycles. The summed E-state index contributed by atoms with van der Waals surface area (Å²) in [6.07, 6.45) is 0.847. The first-order chi connectivity index (χ1) is 9.79. The second-order valence-corrected chi connectivity index (χ2v) is 6.96. The summed E-state index contributed by atoms with van der Waals surface area (Å²) < 4.78 is 1.59. The summed E-state index contributed by atoms with van der Waals surface area (Å²) in [6, 6.07) is 0.301. The SMILES string of the molecule is CCCn1c(S[C@H](C)C(=O)N(C(C)C)C(C)C)n[nH]c1=O. The summed E-state index contributed by atoms with van der Waals surface area (Å²) in [5.41, 5.74) is -0.219. The van der Waals surface area contributed by atoms with Crippen molar-refractivity contribution in [2.75, 3.05) is 0 Å². The molecule has 120 valence electrons. The Hall–Kier alpha value is -1.24. The smallest absolute Gasteiger partial charge is 0.337 e. The molecule has 1 atom stereocenters. The molecule has 0 spiro atoms. The molecule has 0 aliphatic rings. The average molecular weight is 314 g/mol. The fourth-order valence-electron chi connectivity index (χ4n) is 2.34. The first kappa shape index (κ1) is 17.8. The van der Waals surface area contributed by atoms with E-state index in [0.717, 1.165) is 6.42 Å². The van der Waals surface area contributed by atoms with Gasteiger partial charge in [-0.2, -0.15) is 0 Å². The average Bonchev–Trinajstić information content (AvgIpc) is 2.71. The molecule has 0 bridgehead atoms. The van der Waals surface area contributed by atoms with E-state index in [2.05, 4.69) is 10.2 Å².